The number of amides is 1. The number of hydrogen-bond acceptors (Lipinski definition) is 4. The van der Waals surface area contributed by atoms with Crippen molar-refractivity contribution in [2.75, 3.05) is 33.7 Å². The Morgan fingerprint density at radius 3 is 2.56 bits per heavy atom. The van der Waals surface area contributed by atoms with E-state index in [-0.39, 0.29) is 18.9 Å². The summed E-state index contributed by atoms with van der Waals surface area (Å²) in [4.78, 5) is 15.1. The largest absolute Gasteiger partial charge is 0.341 e. The van der Waals surface area contributed by atoms with Gasteiger partial charge in [0, 0.05) is 19.5 Å². The lowest BCUT2D eigenvalue weighted by Gasteiger charge is -2.17. The van der Waals surface area contributed by atoms with Crippen molar-refractivity contribution >= 4 is 15.9 Å². The topological polar surface area (TPSA) is 83.7 Å². The van der Waals surface area contributed by atoms with Gasteiger partial charge in [0.1, 0.15) is 5.25 Å². The number of primary sulfonamides is 1. The Morgan fingerprint density at radius 1 is 1.50 bits per heavy atom. The highest BCUT2D eigenvalue weighted by molar-refractivity contribution is 7.89. The zero-order valence-corrected chi connectivity index (χ0v) is 10.5. The van der Waals surface area contributed by atoms with E-state index >= 15 is 0 Å². The Kier molecular flexibility index (Phi) is 4.28. The van der Waals surface area contributed by atoms with Gasteiger partial charge in [-0.15, -0.1) is 0 Å². The van der Waals surface area contributed by atoms with Gasteiger partial charge < -0.3 is 9.80 Å². The maximum atomic E-state index is 11.5. The van der Waals surface area contributed by atoms with Crippen LogP contribution in [-0.4, -0.2) is 63.1 Å². The monoisotopic (exact) mass is 249 g/mol. The molecule has 1 aliphatic heterocycles. The molecule has 1 heterocycles. The van der Waals surface area contributed by atoms with E-state index in [1.165, 1.54) is 0 Å². The summed E-state index contributed by atoms with van der Waals surface area (Å²) in [7, 11) is 0.332. The van der Waals surface area contributed by atoms with Gasteiger partial charge in [0.15, 0.2) is 0 Å². The number of carbonyl (C=O) groups excluding carboxylic acids is 1. The number of likely N-dealkylation sites (tertiary alicyclic amines) is 1. The Labute approximate surface area is 96.4 Å². The minimum absolute atomic E-state index is 0.0286. The van der Waals surface area contributed by atoms with Crippen molar-refractivity contribution in [3.63, 3.8) is 0 Å². The molecule has 0 aromatic heterocycles. The number of hydrogen-bond donors (Lipinski definition) is 1. The highest BCUT2D eigenvalue weighted by atomic mass is 32.2. The van der Waals surface area contributed by atoms with Crippen molar-refractivity contribution < 1.29 is 13.2 Å². The van der Waals surface area contributed by atoms with Crippen LogP contribution in [0.15, 0.2) is 0 Å². The highest BCUT2D eigenvalue weighted by Crippen LogP contribution is 2.16. The van der Waals surface area contributed by atoms with Crippen molar-refractivity contribution in [1.29, 1.82) is 0 Å². The third-order valence-electron chi connectivity index (χ3n) is 2.68. The van der Waals surface area contributed by atoms with E-state index in [4.69, 9.17) is 5.14 Å². The van der Waals surface area contributed by atoms with E-state index in [0.29, 0.717) is 6.54 Å². The number of carbonyl (C=O) groups is 1. The van der Waals surface area contributed by atoms with Crippen molar-refractivity contribution in [2.24, 2.45) is 5.14 Å². The first-order valence-electron chi connectivity index (χ1n) is 5.25. The number of nitrogens with zero attached hydrogens (tertiary/aromatic N) is 2. The van der Waals surface area contributed by atoms with Gasteiger partial charge in [0.05, 0.1) is 0 Å². The fourth-order valence-electron chi connectivity index (χ4n) is 1.75. The smallest absolute Gasteiger partial charge is 0.224 e. The van der Waals surface area contributed by atoms with Crippen molar-refractivity contribution in [2.45, 2.75) is 18.1 Å². The summed E-state index contributed by atoms with van der Waals surface area (Å²) in [5, 5.41) is 4.30. The average molecular weight is 249 g/mol. The molecule has 6 nitrogen and oxygen atoms in total. The van der Waals surface area contributed by atoms with Gasteiger partial charge >= 0.3 is 0 Å². The van der Waals surface area contributed by atoms with Crippen LogP contribution in [0.5, 0.6) is 0 Å². The van der Waals surface area contributed by atoms with Gasteiger partial charge in [0.2, 0.25) is 15.9 Å². The van der Waals surface area contributed by atoms with Gasteiger partial charge in [-0.25, -0.2) is 13.6 Å². The molecule has 0 radical (unpaired) electrons. The van der Waals surface area contributed by atoms with E-state index in [1.54, 1.807) is 4.90 Å². The summed E-state index contributed by atoms with van der Waals surface area (Å²) in [5.74, 6) is -0.113. The van der Waals surface area contributed by atoms with Crippen molar-refractivity contribution in [3.8, 4) is 0 Å². The maximum Gasteiger partial charge on any atom is 0.224 e. The van der Waals surface area contributed by atoms with Crippen LogP contribution < -0.4 is 5.14 Å². The molecule has 7 heteroatoms. The van der Waals surface area contributed by atoms with Gasteiger partial charge in [0.25, 0.3) is 0 Å². The highest BCUT2D eigenvalue weighted by Gasteiger charge is 2.35. The maximum absolute atomic E-state index is 11.5. The molecular weight excluding hydrogens is 230 g/mol. The first kappa shape index (κ1) is 13.4. The predicted octanol–water partition coefficient (Wildman–Crippen LogP) is -1.17. The van der Waals surface area contributed by atoms with Crippen LogP contribution in [0.2, 0.25) is 0 Å². The second kappa shape index (κ2) is 5.11. The van der Waals surface area contributed by atoms with Gasteiger partial charge in [-0.2, -0.15) is 0 Å². The fraction of sp³-hybridized carbons (Fsp3) is 0.889. The molecule has 16 heavy (non-hydrogen) atoms. The van der Waals surface area contributed by atoms with E-state index < -0.39 is 15.3 Å². The second-order valence-electron chi connectivity index (χ2n) is 4.41. The fourth-order valence-corrected chi connectivity index (χ4v) is 2.51. The lowest BCUT2D eigenvalue weighted by Crippen LogP contribution is -2.33. The summed E-state index contributed by atoms with van der Waals surface area (Å²) < 4.78 is 22.2. The van der Waals surface area contributed by atoms with Crippen molar-refractivity contribution in [3.05, 3.63) is 0 Å². The minimum atomic E-state index is -3.58. The van der Waals surface area contributed by atoms with Crippen molar-refractivity contribution in [1.82, 2.24) is 9.80 Å². The zero-order chi connectivity index (χ0) is 12.3. The molecule has 1 fully saturated rings. The molecule has 2 N–H and O–H groups in total. The van der Waals surface area contributed by atoms with E-state index in [1.807, 2.05) is 19.0 Å². The van der Waals surface area contributed by atoms with Crippen LogP contribution in [0.1, 0.15) is 12.8 Å². The third kappa shape index (κ3) is 3.73. The Morgan fingerprint density at radius 2 is 2.12 bits per heavy atom. The summed E-state index contributed by atoms with van der Waals surface area (Å²) in [6.07, 6.45) is 0.872. The molecule has 0 aromatic rings. The van der Waals surface area contributed by atoms with Crippen LogP contribution >= 0.6 is 0 Å². The van der Waals surface area contributed by atoms with Crippen LogP contribution in [0.3, 0.4) is 0 Å². The summed E-state index contributed by atoms with van der Waals surface area (Å²) >= 11 is 0. The lowest BCUT2D eigenvalue weighted by molar-refractivity contribution is -0.127. The molecule has 0 bridgehead atoms. The lowest BCUT2D eigenvalue weighted by atomic mass is 10.4. The average Bonchev–Trinajstić information content (AvgIpc) is 2.46. The molecule has 0 spiro atoms. The molecule has 1 rings (SSSR count). The molecule has 1 amide bonds. The van der Waals surface area contributed by atoms with Crippen LogP contribution in [-0.2, 0) is 14.8 Å². The number of nitrogens with two attached hydrogens (primary N) is 1. The molecular formula is C9H19N3O3S. The second-order valence-corrected chi connectivity index (χ2v) is 6.26. The summed E-state index contributed by atoms with van der Waals surface area (Å²) in [6.45, 7) is 1.72. The quantitative estimate of drug-likeness (QED) is 0.665. The molecule has 94 valence electrons. The predicted molar refractivity (Wildman–Crippen MR) is 61.3 cm³/mol. The van der Waals surface area contributed by atoms with Gasteiger partial charge in [-0.05, 0) is 27.1 Å². The number of rotatable bonds is 5. The normalized spacial score (nSPS) is 22.1. The Bertz CT molecular complexity index is 353. The third-order valence-corrected chi connectivity index (χ3v) is 3.92. The van der Waals surface area contributed by atoms with E-state index in [9.17, 15) is 13.2 Å². The van der Waals surface area contributed by atoms with E-state index in [2.05, 4.69) is 0 Å². The van der Waals surface area contributed by atoms with Crippen LogP contribution in [0, 0.1) is 0 Å². The first-order valence-corrected chi connectivity index (χ1v) is 6.86. The molecule has 0 saturated carbocycles. The summed E-state index contributed by atoms with van der Waals surface area (Å²) in [6, 6.07) is 0. The summed E-state index contributed by atoms with van der Waals surface area (Å²) in [5.41, 5.74) is 0. The Balaban J connectivity index is 2.43. The Hall–Kier alpha value is -0.660. The first-order chi connectivity index (χ1) is 7.30. The molecule has 0 aromatic carbocycles. The van der Waals surface area contributed by atoms with Crippen LogP contribution in [0.4, 0.5) is 0 Å². The SMILES string of the molecule is CN(C)CCCN1CC(S(N)(=O)=O)CC1=O. The molecule has 1 aliphatic rings. The minimum Gasteiger partial charge on any atom is -0.341 e. The molecule has 1 atom stereocenters. The number of sulfonamides is 1. The van der Waals surface area contributed by atoms with Gasteiger partial charge in [-0.1, -0.05) is 0 Å². The van der Waals surface area contributed by atoms with Crippen LogP contribution in [0.25, 0.3) is 0 Å². The van der Waals surface area contributed by atoms with Gasteiger partial charge in [-0.3, -0.25) is 4.79 Å². The molecule has 1 unspecified atom stereocenters. The molecule has 0 aliphatic carbocycles. The molecule has 1 saturated heterocycles. The van der Waals surface area contributed by atoms with E-state index in [0.717, 1.165) is 13.0 Å². The standard InChI is InChI=1S/C9H19N3O3S/c1-11(2)4-3-5-12-7-8(6-9(12)13)16(10,14)15/h8H,3-7H2,1-2H3,(H2,10,14,15). The zero-order valence-electron chi connectivity index (χ0n) is 9.72.